The van der Waals surface area contributed by atoms with Gasteiger partial charge in [-0.05, 0) is 54.0 Å². The van der Waals surface area contributed by atoms with Gasteiger partial charge in [0, 0.05) is 0 Å². The SMILES string of the molecule is Cc1ccc2nc(N3C(=O)C(O)=C(C(=O)C=Cc4ccccc4)C3c3ccc(F)cc3)sc2c1. The van der Waals surface area contributed by atoms with Crippen molar-refractivity contribution < 1.29 is 19.1 Å². The summed E-state index contributed by atoms with van der Waals surface area (Å²) in [6.07, 6.45) is 2.95. The van der Waals surface area contributed by atoms with E-state index >= 15 is 0 Å². The van der Waals surface area contributed by atoms with Gasteiger partial charge in [-0.3, -0.25) is 14.5 Å². The molecule has 0 aliphatic carbocycles. The monoisotopic (exact) mass is 470 g/mol. The lowest BCUT2D eigenvalue weighted by Gasteiger charge is -2.24. The van der Waals surface area contributed by atoms with Crippen LogP contribution in [0.3, 0.4) is 0 Å². The Bertz CT molecular complexity index is 1470. The normalized spacial score (nSPS) is 16.2. The van der Waals surface area contributed by atoms with E-state index in [1.165, 1.54) is 46.6 Å². The van der Waals surface area contributed by atoms with Crippen LogP contribution in [0.5, 0.6) is 0 Å². The first-order valence-corrected chi connectivity index (χ1v) is 11.4. The highest BCUT2D eigenvalue weighted by molar-refractivity contribution is 7.22. The maximum Gasteiger partial charge on any atom is 0.296 e. The number of amides is 1. The van der Waals surface area contributed by atoms with Crippen LogP contribution in [0.15, 0.2) is 90.2 Å². The lowest BCUT2D eigenvalue weighted by atomic mass is 9.95. The minimum Gasteiger partial charge on any atom is -0.503 e. The fourth-order valence-corrected chi connectivity index (χ4v) is 5.05. The molecule has 1 aromatic heterocycles. The van der Waals surface area contributed by atoms with E-state index in [9.17, 15) is 19.1 Å². The molecular formula is C27H19FN2O3S. The van der Waals surface area contributed by atoms with Crippen LogP contribution in [-0.4, -0.2) is 21.8 Å². The molecule has 0 fully saturated rings. The van der Waals surface area contributed by atoms with Crippen LogP contribution in [0, 0.1) is 12.7 Å². The number of anilines is 1. The van der Waals surface area contributed by atoms with Crippen molar-refractivity contribution in [2.24, 2.45) is 0 Å². The second-order valence-electron chi connectivity index (χ2n) is 7.97. The molecule has 3 aromatic carbocycles. The third kappa shape index (κ3) is 3.91. The molecule has 0 bridgehead atoms. The number of rotatable bonds is 5. The van der Waals surface area contributed by atoms with Crippen molar-refractivity contribution in [3.05, 3.63) is 113 Å². The Morgan fingerprint density at radius 2 is 1.82 bits per heavy atom. The molecule has 1 amide bonds. The molecule has 0 saturated heterocycles. The molecule has 5 rings (SSSR count). The summed E-state index contributed by atoms with van der Waals surface area (Å²) in [5.41, 5.74) is 2.98. The van der Waals surface area contributed by atoms with Crippen LogP contribution < -0.4 is 4.90 Å². The number of hydrogen-bond acceptors (Lipinski definition) is 5. The molecule has 168 valence electrons. The van der Waals surface area contributed by atoms with Crippen molar-refractivity contribution >= 4 is 44.5 Å². The number of aromatic nitrogens is 1. The number of carbonyl (C=O) groups is 2. The Kier molecular flexibility index (Phi) is 5.55. The van der Waals surface area contributed by atoms with Gasteiger partial charge in [-0.1, -0.05) is 65.9 Å². The fraction of sp³-hybridized carbons (Fsp3) is 0.0741. The summed E-state index contributed by atoms with van der Waals surface area (Å²) in [4.78, 5) is 32.4. The van der Waals surface area contributed by atoms with Crippen molar-refractivity contribution in [1.29, 1.82) is 0 Å². The molecule has 7 heteroatoms. The minimum atomic E-state index is -0.942. The number of halogens is 1. The third-order valence-corrected chi connectivity index (χ3v) is 6.64. The van der Waals surface area contributed by atoms with Gasteiger partial charge in [0.05, 0.1) is 21.8 Å². The van der Waals surface area contributed by atoms with E-state index in [0.29, 0.717) is 16.2 Å². The summed E-state index contributed by atoms with van der Waals surface area (Å²) < 4.78 is 14.5. The van der Waals surface area contributed by atoms with Gasteiger partial charge in [-0.25, -0.2) is 9.37 Å². The molecule has 34 heavy (non-hydrogen) atoms. The van der Waals surface area contributed by atoms with Crippen LogP contribution in [0.2, 0.25) is 0 Å². The number of nitrogens with zero attached hydrogens (tertiary/aromatic N) is 2. The Labute approximate surface area is 199 Å². The average Bonchev–Trinajstić information content (AvgIpc) is 3.36. The maximum absolute atomic E-state index is 13.7. The molecule has 2 heterocycles. The van der Waals surface area contributed by atoms with Gasteiger partial charge in [-0.2, -0.15) is 0 Å². The van der Waals surface area contributed by atoms with E-state index in [1.54, 1.807) is 6.08 Å². The van der Waals surface area contributed by atoms with E-state index in [4.69, 9.17) is 0 Å². The highest BCUT2D eigenvalue weighted by atomic mass is 32.1. The Morgan fingerprint density at radius 3 is 2.56 bits per heavy atom. The first-order valence-electron chi connectivity index (χ1n) is 10.6. The number of aryl methyl sites for hydroxylation is 1. The maximum atomic E-state index is 13.7. The Hall–Kier alpha value is -4.10. The van der Waals surface area contributed by atoms with E-state index in [0.717, 1.165) is 15.8 Å². The molecule has 4 aromatic rings. The highest BCUT2D eigenvalue weighted by Gasteiger charge is 2.45. The molecule has 1 aliphatic heterocycles. The Morgan fingerprint density at radius 1 is 1.09 bits per heavy atom. The number of aliphatic hydroxyl groups excluding tert-OH is 1. The highest BCUT2D eigenvalue weighted by Crippen LogP contribution is 2.43. The van der Waals surface area contributed by atoms with Crippen molar-refractivity contribution in [3.63, 3.8) is 0 Å². The number of aliphatic hydroxyl groups is 1. The summed E-state index contributed by atoms with van der Waals surface area (Å²) in [5, 5.41) is 11.1. The summed E-state index contributed by atoms with van der Waals surface area (Å²) in [5.74, 6) is -2.31. The number of allylic oxidation sites excluding steroid dienone is 1. The zero-order chi connectivity index (χ0) is 23.8. The zero-order valence-electron chi connectivity index (χ0n) is 18.1. The second kappa shape index (κ2) is 8.68. The van der Waals surface area contributed by atoms with Crippen LogP contribution in [-0.2, 0) is 9.59 Å². The van der Waals surface area contributed by atoms with Gasteiger partial charge in [0.1, 0.15) is 5.82 Å². The molecule has 5 nitrogen and oxygen atoms in total. The molecular weight excluding hydrogens is 451 g/mol. The van der Waals surface area contributed by atoms with Crippen LogP contribution >= 0.6 is 11.3 Å². The molecule has 1 atom stereocenters. The van der Waals surface area contributed by atoms with Gasteiger partial charge >= 0.3 is 0 Å². The van der Waals surface area contributed by atoms with Crippen molar-refractivity contribution in [1.82, 2.24) is 4.98 Å². The van der Waals surface area contributed by atoms with E-state index in [1.807, 2.05) is 55.5 Å². The predicted octanol–water partition coefficient (Wildman–Crippen LogP) is 5.93. The van der Waals surface area contributed by atoms with Crippen molar-refractivity contribution in [2.45, 2.75) is 13.0 Å². The molecule has 1 unspecified atom stereocenters. The number of carbonyl (C=O) groups excluding carboxylic acids is 2. The molecule has 0 spiro atoms. The van der Waals surface area contributed by atoms with Crippen LogP contribution in [0.4, 0.5) is 9.52 Å². The van der Waals surface area contributed by atoms with Gasteiger partial charge < -0.3 is 5.11 Å². The van der Waals surface area contributed by atoms with Crippen LogP contribution in [0.25, 0.3) is 16.3 Å². The summed E-state index contributed by atoms with van der Waals surface area (Å²) >= 11 is 1.29. The molecule has 0 saturated carbocycles. The average molecular weight is 471 g/mol. The topological polar surface area (TPSA) is 70.5 Å². The number of ketones is 1. The van der Waals surface area contributed by atoms with Gasteiger partial charge in [0.15, 0.2) is 16.7 Å². The fourth-order valence-electron chi connectivity index (χ4n) is 3.96. The number of benzene rings is 3. The zero-order valence-corrected chi connectivity index (χ0v) is 18.9. The first kappa shape index (κ1) is 21.7. The Balaban J connectivity index is 1.60. The standard InChI is InChI=1S/C27H19FN2O3S/c1-16-7-13-20-22(15-16)34-27(29-20)30-24(18-9-11-19(28)12-10-18)23(25(32)26(30)33)21(31)14-8-17-5-3-2-4-6-17/h2-15,24,32H,1H3. The number of hydrogen-bond donors (Lipinski definition) is 1. The van der Waals surface area contributed by atoms with Crippen LogP contribution in [0.1, 0.15) is 22.7 Å². The van der Waals surface area contributed by atoms with Gasteiger partial charge in [-0.15, -0.1) is 0 Å². The summed E-state index contributed by atoms with van der Waals surface area (Å²) in [7, 11) is 0. The number of thiazole rings is 1. The summed E-state index contributed by atoms with van der Waals surface area (Å²) in [6.45, 7) is 1.96. The lowest BCUT2D eigenvalue weighted by Crippen LogP contribution is -2.30. The van der Waals surface area contributed by atoms with Crippen molar-refractivity contribution in [2.75, 3.05) is 4.90 Å². The van der Waals surface area contributed by atoms with E-state index < -0.39 is 29.3 Å². The smallest absolute Gasteiger partial charge is 0.296 e. The van der Waals surface area contributed by atoms with Gasteiger partial charge in [0.2, 0.25) is 0 Å². The van der Waals surface area contributed by atoms with E-state index in [-0.39, 0.29) is 5.57 Å². The third-order valence-electron chi connectivity index (χ3n) is 5.62. The van der Waals surface area contributed by atoms with Gasteiger partial charge in [0.25, 0.3) is 5.91 Å². The molecule has 1 N–H and O–H groups in total. The first-order chi connectivity index (χ1) is 16.4. The van der Waals surface area contributed by atoms with E-state index in [2.05, 4.69) is 4.98 Å². The molecule has 0 radical (unpaired) electrons. The second-order valence-corrected chi connectivity index (χ2v) is 8.98. The largest absolute Gasteiger partial charge is 0.503 e. The molecule has 1 aliphatic rings. The quantitative estimate of drug-likeness (QED) is 0.367. The van der Waals surface area contributed by atoms with Crippen molar-refractivity contribution in [3.8, 4) is 0 Å². The summed E-state index contributed by atoms with van der Waals surface area (Å²) in [6, 6.07) is 19.6. The minimum absolute atomic E-state index is 0.0702. The lowest BCUT2D eigenvalue weighted by molar-refractivity contribution is -0.117. The predicted molar refractivity (Wildman–Crippen MR) is 131 cm³/mol. The number of fused-ring (bicyclic) bond motifs is 1.